The van der Waals surface area contributed by atoms with Crippen molar-refractivity contribution in [2.24, 2.45) is 0 Å². The Kier molecular flexibility index (Phi) is 8.17. The zero-order valence-corrected chi connectivity index (χ0v) is 22.7. The van der Waals surface area contributed by atoms with Crippen LogP contribution in [0.1, 0.15) is 20.7 Å². The van der Waals surface area contributed by atoms with Crippen molar-refractivity contribution in [3.05, 3.63) is 81.5 Å². The second-order valence-electron chi connectivity index (χ2n) is 8.15. The van der Waals surface area contributed by atoms with Crippen LogP contribution in [0.5, 0.6) is 17.2 Å². The first kappa shape index (κ1) is 28.3. The van der Waals surface area contributed by atoms with E-state index in [2.05, 4.69) is 10.6 Å². The maximum atomic E-state index is 13.2. The molecule has 3 aromatic carbocycles. The van der Waals surface area contributed by atoms with Gasteiger partial charge in [-0.2, -0.15) is 0 Å². The van der Waals surface area contributed by atoms with Crippen LogP contribution in [-0.4, -0.2) is 45.0 Å². The lowest BCUT2D eigenvalue weighted by Gasteiger charge is -2.19. The summed E-state index contributed by atoms with van der Waals surface area (Å²) >= 11 is 12.4. The Hall–Kier alpha value is -4.74. The lowest BCUT2D eigenvalue weighted by atomic mass is 10.1. The van der Waals surface area contributed by atoms with E-state index in [0.717, 1.165) is 11.0 Å². The summed E-state index contributed by atoms with van der Waals surface area (Å²) in [7, 11) is 4.11. The Balaban J connectivity index is 1.52. The molecule has 0 saturated carbocycles. The van der Waals surface area contributed by atoms with E-state index < -0.39 is 23.7 Å². The molecule has 1 heterocycles. The molecular formula is C27H20Cl2N3O8-. The number of hydrogen-bond donors (Lipinski definition) is 2. The van der Waals surface area contributed by atoms with E-state index in [1.165, 1.54) is 57.7 Å². The topological polar surface area (TPSA) is 146 Å². The minimum Gasteiger partial charge on any atom is -0.545 e. The molecule has 3 aromatic rings. The fourth-order valence-corrected chi connectivity index (χ4v) is 4.25. The zero-order chi connectivity index (χ0) is 29.1. The average molecular weight is 585 g/mol. The van der Waals surface area contributed by atoms with Crippen molar-refractivity contribution >= 4 is 64.0 Å². The maximum absolute atomic E-state index is 13.2. The van der Waals surface area contributed by atoms with Gasteiger partial charge in [0.1, 0.15) is 28.0 Å². The number of anilines is 3. The van der Waals surface area contributed by atoms with Crippen molar-refractivity contribution in [2.45, 2.75) is 0 Å². The molecule has 13 heteroatoms. The number of methoxy groups -OCH3 is 3. The minimum absolute atomic E-state index is 0.0325. The lowest BCUT2D eigenvalue weighted by molar-refractivity contribution is -0.255. The number of halogens is 2. The standard InChI is InChI=1S/C27H21Cl2N3O8/c1-38-15-8-9-20(39-2)19(10-15)32-25(34)22(29)23(26(32)35)30-14-6-4-13(5-7-14)24(33)31-18-12-21(40-3)16(27(36)37)11-17(18)28/h4-12,30H,1-3H3,(H,31,33)(H,36,37)/p-1. The molecule has 1 aliphatic heterocycles. The molecule has 11 nitrogen and oxygen atoms in total. The number of nitrogens with one attached hydrogen (secondary N) is 2. The first-order valence-corrected chi connectivity index (χ1v) is 12.1. The van der Waals surface area contributed by atoms with Crippen molar-refractivity contribution in [2.75, 3.05) is 36.9 Å². The first-order valence-electron chi connectivity index (χ1n) is 11.4. The predicted octanol–water partition coefficient (Wildman–Crippen LogP) is 3.42. The van der Waals surface area contributed by atoms with Gasteiger partial charge < -0.3 is 34.7 Å². The SMILES string of the molecule is COc1ccc(OC)c(N2C(=O)C(Cl)=C(Nc3ccc(C(=O)Nc4cc(OC)c(C(=O)[O-])cc4Cl)cc3)C2=O)c1. The number of carbonyl (C=O) groups excluding carboxylic acids is 4. The van der Waals surface area contributed by atoms with E-state index in [9.17, 15) is 24.3 Å². The van der Waals surface area contributed by atoms with Crippen LogP contribution in [0, 0.1) is 0 Å². The van der Waals surface area contributed by atoms with E-state index in [4.69, 9.17) is 37.4 Å². The highest BCUT2D eigenvalue weighted by Gasteiger charge is 2.40. The molecule has 0 atom stereocenters. The van der Waals surface area contributed by atoms with Gasteiger partial charge in [0.05, 0.1) is 43.7 Å². The summed E-state index contributed by atoms with van der Waals surface area (Å²) in [6.45, 7) is 0. The molecule has 0 saturated heterocycles. The van der Waals surface area contributed by atoms with Crippen LogP contribution in [0.25, 0.3) is 0 Å². The Labute approximate surface area is 237 Å². The van der Waals surface area contributed by atoms with Crippen molar-refractivity contribution in [1.82, 2.24) is 0 Å². The van der Waals surface area contributed by atoms with Gasteiger partial charge in [0.2, 0.25) is 0 Å². The van der Waals surface area contributed by atoms with Crippen LogP contribution in [0.3, 0.4) is 0 Å². The van der Waals surface area contributed by atoms with Gasteiger partial charge in [0, 0.05) is 28.9 Å². The Morgan fingerprint density at radius 1 is 0.850 bits per heavy atom. The zero-order valence-electron chi connectivity index (χ0n) is 21.2. The number of hydrogen-bond acceptors (Lipinski definition) is 9. The Morgan fingerprint density at radius 3 is 2.12 bits per heavy atom. The molecule has 2 N–H and O–H groups in total. The second-order valence-corrected chi connectivity index (χ2v) is 8.93. The summed E-state index contributed by atoms with van der Waals surface area (Å²) in [4.78, 5) is 51.0. The number of imide groups is 1. The molecule has 0 fully saturated rings. The molecule has 206 valence electrons. The highest BCUT2D eigenvalue weighted by atomic mass is 35.5. The number of carbonyl (C=O) groups is 4. The summed E-state index contributed by atoms with van der Waals surface area (Å²) in [6, 6.07) is 12.9. The summed E-state index contributed by atoms with van der Waals surface area (Å²) in [5.74, 6) is -2.89. The van der Waals surface area contributed by atoms with E-state index in [1.54, 1.807) is 12.1 Å². The molecule has 0 bridgehead atoms. The van der Waals surface area contributed by atoms with Crippen LogP contribution in [0.2, 0.25) is 5.02 Å². The number of carboxylic acid groups (broad SMARTS) is 1. The molecule has 0 aromatic heterocycles. The van der Waals surface area contributed by atoms with E-state index in [1.807, 2.05) is 0 Å². The lowest BCUT2D eigenvalue weighted by Crippen LogP contribution is -2.32. The monoisotopic (exact) mass is 584 g/mol. The Bertz CT molecular complexity index is 1570. The highest BCUT2D eigenvalue weighted by Crippen LogP contribution is 2.38. The predicted molar refractivity (Wildman–Crippen MR) is 145 cm³/mol. The van der Waals surface area contributed by atoms with Gasteiger partial charge >= 0.3 is 0 Å². The van der Waals surface area contributed by atoms with Crippen LogP contribution in [0.4, 0.5) is 17.1 Å². The number of nitrogens with zero attached hydrogens (tertiary/aromatic N) is 1. The molecule has 0 unspecified atom stereocenters. The molecule has 40 heavy (non-hydrogen) atoms. The number of carboxylic acids is 1. The van der Waals surface area contributed by atoms with Gasteiger partial charge in [-0.05, 0) is 42.5 Å². The normalized spacial score (nSPS) is 12.9. The van der Waals surface area contributed by atoms with Crippen molar-refractivity contribution < 1.29 is 38.5 Å². The third kappa shape index (κ3) is 5.37. The van der Waals surface area contributed by atoms with Crippen molar-refractivity contribution in [3.8, 4) is 17.2 Å². The number of aromatic carboxylic acids is 1. The summed E-state index contributed by atoms with van der Waals surface area (Å²) in [5.41, 5.74) is 0.417. The first-order chi connectivity index (χ1) is 19.1. The van der Waals surface area contributed by atoms with Crippen LogP contribution < -0.4 is 34.9 Å². The number of amides is 3. The van der Waals surface area contributed by atoms with E-state index in [0.29, 0.717) is 11.4 Å². The summed E-state index contributed by atoms with van der Waals surface area (Å²) in [6.07, 6.45) is 0. The van der Waals surface area contributed by atoms with E-state index in [-0.39, 0.29) is 49.8 Å². The molecule has 3 amide bonds. The molecule has 4 rings (SSSR count). The highest BCUT2D eigenvalue weighted by molar-refractivity contribution is 6.53. The van der Waals surface area contributed by atoms with Crippen LogP contribution in [-0.2, 0) is 9.59 Å². The largest absolute Gasteiger partial charge is 0.545 e. The number of ether oxygens (including phenoxy) is 3. The Morgan fingerprint density at radius 2 is 1.52 bits per heavy atom. The van der Waals surface area contributed by atoms with Gasteiger partial charge in [-0.3, -0.25) is 14.4 Å². The third-order valence-electron chi connectivity index (χ3n) is 5.83. The fraction of sp³-hybridized carbons (Fsp3) is 0.111. The number of rotatable bonds is 9. The third-order valence-corrected chi connectivity index (χ3v) is 6.49. The van der Waals surface area contributed by atoms with Gasteiger partial charge in [0.25, 0.3) is 17.7 Å². The smallest absolute Gasteiger partial charge is 0.283 e. The van der Waals surface area contributed by atoms with Crippen LogP contribution in [0.15, 0.2) is 65.3 Å². The van der Waals surface area contributed by atoms with Crippen LogP contribution >= 0.6 is 23.2 Å². The number of benzene rings is 3. The molecular weight excluding hydrogens is 565 g/mol. The maximum Gasteiger partial charge on any atom is 0.283 e. The summed E-state index contributed by atoms with van der Waals surface area (Å²) < 4.78 is 15.5. The van der Waals surface area contributed by atoms with Crippen molar-refractivity contribution in [3.63, 3.8) is 0 Å². The van der Waals surface area contributed by atoms with Gasteiger partial charge in [-0.25, -0.2) is 4.90 Å². The van der Waals surface area contributed by atoms with Gasteiger partial charge in [-0.15, -0.1) is 0 Å². The molecule has 0 spiro atoms. The molecule has 0 radical (unpaired) electrons. The average Bonchev–Trinajstić information content (AvgIpc) is 3.16. The molecule has 0 aliphatic carbocycles. The second kappa shape index (κ2) is 11.6. The summed E-state index contributed by atoms with van der Waals surface area (Å²) in [5, 5.41) is 16.3. The van der Waals surface area contributed by atoms with E-state index >= 15 is 0 Å². The minimum atomic E-state index is -1.48. The fourth-order valence-electron chi connectivity index (χ4n) is 3.82. The van der Waals surface area contributed by atoms with Crippen molar-refractivity contribution in [1.29, 1.82) is 0 Å². The van der Waals surface area contributed by atoms with Gasteiger partial charge in [0.15, 0.2) is 0 Å². The quantitative estimate of drug-likeness (QED) is 0.361. The molecule has 1 aliphatic rings. The van der Waals surface area contributed by atoms with Gasteiger partial charge in [-0.1, -0.05) is 23.2 Å².